The van der Waals surface area contributed by atoms with E-state index in [1.807, 2.05) is 6.07 Å². The van der Waals surface area contributed by atoms with E-state index in [-0.39, 0.29) is 11.4 Å². The van der Waals surface area contributed by atoms with Crippen LogP contribution >= 0.6 is 0 Å². The van der Waals surface area contributed by atoms with Gasteiger partial charge in [0.2, 0.25) is 0 Å². The lowest BCUT2D eigenvalue weighted by molar-refractivity contribution is 0.348. The second-order valence-electron chi connectivity index (χ2n) is 4.63. The average molecular weight is 206 g/mol. The molecule has 3 rings (SSSR count). The summed E-state index contributed by atoms with van der Waals surface area (Å²) in [5.74, 6) is -0.124. The van der Waals surface area contributed by atoms with E-state index in [9.17, 15) is 4.39 Å². The molecule has 2 heterocycles. The van der Waals surface area contributed by atoms with E-state index in [2.05, 4.69) is 10.6 Å². The van der Waals surface area contributed by atoms with Crippen LogP contribution in [0.4, 0.5) is 10.1 Å². The van der Waals surface area contributed by atoms with E-state index in [4.69, 9.17) is 0 Å². The number of anilines is 1. The van der Waals surface area contributed by atoms with Crippen molar-refractivity contribution in [2.75, 3.05) is 18.4 Å². The number of halogens is 1. The van der Waals surface area contributed by atoms with E-state index >= 15 is 0 Å². The van der Waals surface area contributed by atoms with Gasteiger partial charge in [0.1, 0.15) is 5.82 Å². The molecule has 0 saturated carbocycles. The van der Waals surface area contributed by atoms with Crippen molar-refractivity contribution >= 4 is 5.69 Å². The van der Waals surface area contributed by atoms with Gasteiger partial charge in [-0.15, -0.1) is 0 Å². The molecule has 15 heavy (non-hydrogen) atoms. The molecule has 0 unspecified atom stereocenters. The van der Waals surface area contributed by atoms with Crippen molar-refractivity contribution in [2.24, 2.45) is 0 Å². The smallest absolute Gasteiger partial charge is 0.123 e. The summed E-state index contributed by atoms with van der Waals surface area (Å²) in [4.78, 5) is 0. The molecule has 2 N–H and O–H groups in total. The Balaban J connectivity index is 1.90. The molecule has 0 radical (unpaired) electrons. The normalized spacial score (nSPS) is 22.5. The Morgan fingerprint density at radius 2 is 2.00 bits per heavy atom. The first kappa shape index (κ1) is 9.16. The summed E-state index contributed by atoms with van der Waals surface area (Å²) >= 11 is 0. The van der Waals surface area contributed by atoms with Gasteiger partial charge < -0.3 is 10.6 Å². The number of fused-ring (bicyclic) bond motifs is 1. The highest BCUT2D eigenvalue weighted by molar-refractivity contribution is 5.59. The molecular weight excluding hydrogens is 191 g/mol. The van der Waals surface area contributed by atoms with Crippen LogP contribution in [0.1, 0.15) is 18.4 Å². The lowest BCUT2D eigenvalue weighted by Gasteiger charge is -2.34. The fraction of sp³-hybridized carbons (Fsp3) is 0.500. The maximum atomic E-state index is 13.1. The van der Waals surface area contributed by atoms with Gasteiger partial charge in [-0.3, -0.25) is 0 Å². The van der Waals surface area contributed by atoms with Crippen molar-refractivity contribution in [3.63, 3.8) is 0 Å². The first-order chi connectivity index (χ1) is 7.27. The summed E-state index contributed by atoms with van der Waals surface area (Å²) in [6.07, 6.45) is 3.23. The van der Waals surface area contributed by atoms with Crippen molar-refractivity contribution in [1.29, 1.82) is 0 Å². The molecule has 0 amide bonds. The summed E-state index contributed by atoms with van der Waals surface area (Å²) in [7, 11) is 0. The highest BCUT2D eigenvalue weighted by Crippen LogP contribution is 2.37. The van der Waals surface area contributed by atoms with Crippen LogP contribution in [0.5, 0.6) is 0 Å². The second kappa shape index (κ2) is 3.20. The molecule has 2 nitrogen and oxygen atoms in total. The minimum Gasteiger partial charge on any atom is -0.379 e. The maximum Gasteiger partial charge on any atom is 0.123 e. The highest BCUT2D eigenvalue weighted by atomic mass is 19.1. The summed E-state index contributed by atoms with van der Waals surface area (Å²) < 4.78 is 13.1. The molecule has 1 aromatic rings. The van der Waals surface area contributed by atoms with Crippen LogP contribution in [-0.4, -0.2) is 18.6 Å². The van der Waals surface area contributed by atoms with Gasteiger partial charge in [-0.1, -0.05) is 0 Å². The van der Waals surface area contributed by atoms with Crippen molar-refractivity contribution in [3.8, 4) is 0 Å². The molecule has 1 aromatic carbocycles. The molecule has 80 valence electrons. The van der Waals surface area contributed by atoms with Crippen molar-refractivity contribution < 1.29 is 4.39 Å². The van der Waals surface area contributed by atoms with E-state index in [0.29, 0.717) is 0 Å². The van der Waals surface area contributed by atoms with E-state index in [1.54, 1.807) is 6.07 Å². The lowest BCUT2D eigenvalue weighted by atomic mass is 9.86. The largest absolute Gasteiger partial charge is 0.379 e. The second-order valence-corrected chi connectivity index (χ2v) is 4.63. The Bertz CT molecular complexity index is 383. The van der Waals surface area contributed by atoms with Gasteiger partial charge in [0.05, 0.1) is 0 Å². The quantitative estimate of drug-likeness (QED) is 0.677. The van der Waals surface area contributed by atoms with Gasteiger partial charge in [-0.05, 0) is 56.1 Å². The number of benzene rings is 1. The third kappa shape index (κ3) is 1.51. The topological polar surface area (TPSA) is 24.1 Å². The molecule has 0 aliphatic carbocycles. The van der Waals surface area contributed by atoms with Gasteiger partial charge in [0.25, 0.3) is 0 Å². The summed E-state index contributed by atoms with van der Waals surface area (Å²) in [5.41, 5.74) is 2.46. The zero-order valence-corrected chi connectivity index (χ0v) is 8.65. The van der Waals surface area contributed by atoms with E-state index in [0.717, 1.165) is 43.6 Å². The Morgan fingerprint density at radius 3 is 2.80 bits per heavy atom. The minimum atomic E-state index is -0.124. The molecule has 0 aromatic heterocycles. The first-order valence-corrected chi connectivity index (χ1v) is 5.55. The Hall–Kier alpha value is -1.09. The Morgan fingerprint density at radius 1 is 1.20 bits per heavy atom. The number of nitrogens with one attached hydrogen (secondary N) is 2. The van der Waals surface area contributed by atoms with Crippen LogP contribution in [0.15, 0.2) is 18.2 Å². The van der Waals surface area contributed by atoms with Crippen LogP contribution in [0, 0.1) is 5.82 Å². The maximum absolute atomic E-state index is 13.1. The molecule has 0 atom stereocenters. The molecule has 1 spiro atoms. The van der Waals surface area contributed by atoms with Crippen LogP contribution in [-0.2, 0) is 6.42 Å². The SMILES string of the molecule is Fc1ccc2c(c1)CC1(CCNCC1)N2. The van der Waals surface area contributed by atoms with Crippen LogP contribution in [0.3, 0.4) is 0 Å². The van der Waals surface area contributed by atoms with Crippen LogP contribution in [0.2, 0.25) is 0 Å². The molecule has 3 heteroatoms. The van der Waals surface area contributed by atoms with Gasteiger partial charge in [0, 0.05) is 11.2 Å². The molecule has 1 fully saturated rings. The first-order valence-electron chi connectivity index (χ1n) is 5.55. The summed E-state index contributed by atoms with van der Waals surface area (Å²) in [6.45, 7) is 2.12. The molecule has 2 aliphatic heterocycles. The predicted molar refractivity (Wildman–Crippen MR) is 58.6 cm³/mol. The van der Waals surface area contributed by atoms with Gasteiger partial charge in [-0.25, -0.2) is 4.39 Å². The van der Waals surface area contributed by atoms with Crippen LogP contribution in [0.25, 0.3) is 0 Å². The molecule has 2 aliphatic rings. The highest BCUT2D eigenvalue weighted by Gasteiger charge is 2.37. The van der Waals surface area contributed by atoms with Crippen molar-refractivity contribution in [2.45, 2.75) is 24.8 Å². The number of hydrogen-bond donors (Lipinski definition) is 2. The Kier molecular flexibility index (Phi) is 1.96. The summed E-state index contributed by atoms with van der Waals surface area (Å²) in [5, 5.41) is 6.93. The van der Waals surface area contributed by atoms with Gasteiger partial charge >= 0.3 is 0 Å². The molecule has 0 bridgehead atoms. The Labute approximate surface area is 88.9 Å². The zero-order chi connectivity index (χ0) is 10.3. The van der Waals surface area contributed by atoms with E-state index in [1.165, 1.54) is 6.07 Å². The fourth-order valence-electron chi connectivity index (χ4n) is 2.73. The molecule has 1 saturated heterocycles. The van der Waals surface area contributed by atoms with Crippen molar-refractivity contribution in [3.05, 3.63) is 29.6 Å². The molecular formula is C12H15FN2. The number of piperidine rings is 1. The van der Waals surface area contributed by atoms with Gasteiger partial charge in [-0.2, -0.15) is 0 Å². The monoisotopic (exact) mass is 206 g/mol. The van der Waals surface area contributed by atoms with Gasteiger partial charge in [0.15, 0.2) is 0 Å². The minimum absolute atomic E-state index is 0.124. The van der Waals surface area contributed by atoms with E-state index < -0.39 is 0 Å². The average Bonchev–Trinajstić information content (AvgIpc) is 2.56. The lowest BCUT2D eigenvalue weighted by Crippen LogP contribution is -2.46. The predicted octanol–water partition coefficient (Wildman–Crippen LogP) is 1.92. The summed E-state index contributed by atoms with van der Waals surface area (Å²) in [6, 6.07) is 5.06. The fourth-order valence-corrected chi connectivity index (χ4v) is 2.73. The number of hydrogen-bond acceptors (Lipinski definition) is 2. The third-order valence-corrected chi connectivity index (χ3v) is 3.56. The number of rotatable bonds is 0. The van der Waals surface area contributed by atoms with Crippen LogP contribution < -0.4 is 10.6 Å². The van der Waals surface area contributed by atoms with Crippen molar-refractivity contribution in [1.82, 2.24) is 5.32 Å². The standard InChI is InChI=1S/C12H15FN2/c13-10-1-2-11-9(7-10)8-12(15-11)3-5-14-6-4-12/h1-2,7,14-15H,3-6,8H2. The zero-order valence-electron chi connectivity index (χ0n) is 8.65. The third-order valence-electron chi connectivity index (χ3n) is 3.56.